The molecule has 0 heterocycles. The van der Waals surface area contributed by atoms with Crippen molar-refractivity contribution >= 4 is 46.0 Å². The molecular formula is C10H10INO2S. The molecule has 80 valence electrons. The monoisotopic (exact) mass is 335 g/mol. The summed E-state index contributed by atoms with van der Waals surface area (Å²) >= 11 is 3.42. The molecule has 1 aromatic rings. The van der Waals surface area contributed by atoms with E-state index in [4.69, 9.17) is 5.73 Å². The highest BCUT2D eigenvalue weighted by atomic mass is 127. The van der Waals surface area contributed by atoms with Gasteiger partial charge in [0.15, 0.2) is 5.78 Å². The molecule has 0 spiro atoms. The van der Waals surface area contributed by atoms with Crippen LogP contribution < -0.4 is 5.73 Å². The van der Waals surface area contributed by atoms with Crippen molar-refractivity contribution in [3.8, 4) is 0 Å². The van der Waals surface area contributed by atoms with Gasteiger partial charge in [0.2, 0.25) is 5.91 Å². The quantitative estimate of drug-likeness (QED) is 0.658. The van der Waals surface area contributed by atoms with Crippen LogP contribution in [0.4, 0.5) is 0 Å². The second-order valence-corrected chi connectivity index (χ2v) is 5.12. The van der Waals surface area contributed by atoms with Gasteiger partial charge in [-0.3, -0.25) is 9.59 Å². The topological polar surface area (TPSA) is 60.2 Å². The molecule has 0 saturated heterocycles. The summed E-state index contributed by atoms with van der Waals surface area (Å²) in [5.41, 5.74) is 5.64. The molecule has 0 fully saturated rings. The number of carbonyl (C=O) groups is 2. The van der Waals surface area contributed by atoms with Gasteiger partial charge in [0, 0.05) is 9.13 Å². The Morgan fingerprint density at radius 3 is 2.33 bits per heavy atom. The van der Waals surface area contributed by atoms with Crippen molar-refractivity contribution < 1.29 is 9.59 Å². The lowest BCUT2D eigenvalue weighted by Crippen LogP contribution is -2.15. The summed E-state index contributed by atoms with van der Waals surface area (Å²) in [6.45, 7) is 0. The van der Waals surface area contributed by atoms with Gasteiger partial charge < -0.3 is 5.73 Å². The number of hydrogen-bond acceptors (Lipinski definition) is 3. The minimum Gasteiger partial charge on any atom is -0.369 e. The van der Waals surface area contributed by atoms with Crippen molar-refractivity contribution in [3.63, 3.8) is 0 Å². The average molecular weight is 335 g/mol. The summed E-state index contributed by atoms with van der Waals surface area (Å²) in [6.07, 6.45) is 0. The number of rotatable bonds is 5. The van der Waals surface area contributed by atoms with Gasteiger partial charge in [-0.15, -0.1) is 11.8 Å². The van der Waals surface area contributed by atoms with Gasteiger partial charge in [0.05, 0.1) is 11.5 Å². The van der Waals surface area contributed by atoms with E-state index in [9.17, 15) is 9.59 Å². The molecule has 0 bridgehead atoms. The van der Waals surface area contributed by atoms with Gasteiger partial charge >= 0.3 is 0 Å². The highest BCUT2D eigenvalue weighted by molar-refractivity contribution is 14.1. The number of primary amides is 1. The van der Waals surface area contributed by atoms with Crippen molar-refractivity contribution in [1.82, 2.24) is 0 Å². The molecule has 1 rings (SSSR count). The number of carbonyl (C=O) groups excluding carboxylic acids is 2. The Balaban J connectivity index is 2.47. The summed E-state index contributed by atoms with van der Waals surface area (Å²) in [4.78, 5) is 22.0. The number of Topliss-reactive ketones (excluding diaryl/α,β-unsaturated/α-hetero) is 1. The van der Waals surface area contributed by atoms with E-state index in [0.29, 0.717) is 11.3 Å². The fourth-order valence-electron chi connectivity index (χ4n) is 0.963. The molecule has 0 aliphatic carbocycles. The van der Waals surface area contributed by atoms with Gasteiger partial charge in [-0.05, 0) is 34.7 Å². The molecule has 0 aliphatic rings. The van der Waals surface area contributed by atoms with E-state index < -0.39 is 5.91 Å². The van der Waals surface area contributed by atoms with Gasteiger partial charge in [0.25, 0.3) is 0 Å². The van der Waals surface area contributed by atoms with Crippen molar-refractivity contribution in [2.45, 2.75) is 0 Å². The Bertz CT molecular complexity index is 364. The largest absolute Gasteiger partial charge is 0.369 e. The third-order valence-electron chi connectivity index (χ3n) is 1.64. The Kier molecular flexibility index (Phi) is 5.10. The van der Waals surface area contributed by atoms with Crippen LogP contribution in [0.1, 0.15) is 10.4 Å². The fourth-order valence-corrected chi connectivity index (χ4v) is 1.98. The summed E-state index contributed by atoms with van der Waals surface area (Å²) < 4.78 is 1.09. The molecule has 0 aliphatic heterocycles. The van der Waals surface area contributed by atoms with Crippen LogP contribution in [0.25, 0.3) is 0 Å². The highest BCUT2D eigenvalue weighted by Crippen LogP contribution is 2.10. The molecule has 0 radical (unpaired) electrons. The zero-order chi connectivity index (χ0) is 11.3. The van der Waals surface area contributed by atoms with E-state index in [0.717, 1.165) is 3.57 Å². The van der Waals surface area contributed by atoms with Gasteiger partial charge in [-0.25, -0.2) is 0 Å². The first kappa shape index (κ1) is 12.5. The van der Waals surface area contributed by atoms with Crippen LogP contribution in [0.2, 0.25) is 0 Å². The number of amides is 1. The van der Waals surface area contributed by atoms with E-state index >= 15 is 0 Å². The second kappa shape index (κ2) is 6.12. The molecule has 15 heavy (non-hydrogen) atoms. The van der Waals surface area contributed by atoms with Crippen LogP contribution in [0.15, 0.2) is 24.3 Å². The van der Waals surface area contributed by atoms with Crippen LogP contribution in [0.3, 0.4) is 0 Å². The number of ketones is 1. The molecule has 3 nitrogen and oxygen atoms in total. The standard InChI is InChI=1S/C10H10INO2S/c11-8-3-1-7(2-4-8)9(13)5-15-6-10(12)14/h1-4H,5-6H2,(H2,12,14). The predicted octanol–water partition coefficient (Wildman–Crippen LogP) is 1.69. The van der Waals surface area contributed by atoms with Gasteiger partial charge in [-0.2, -0.15) is 0 Å². The fraction of sp³-hybridized carbons (Fsp3) is 0.200. The van der Waals surface area contributed by atoms with Gasteiger partial charge in [-0.1, -0.05) is 12.1 Å². The second-order valence-electron chi connectivity index (χ2n) is 2.89. The number of nitrogens with two attached hydrogens (primary N) is 1. The first-order chi connectivity index (χ1) is 7.09. The van der Waals surface area contributed by atoms with E-state index in [2.05, 4.69) is 22.6 Å². The maximum absolute atomic E-state index is 11.6. The highest BCUT2D eigenvalue weighted by Gasteiger charge is 2.06. The van der Waals surface area contributed by atoms with Crippen molar-refractivity contribution in [2.24, 2.45) is 5.73 Å². The molecule has 0 atom stereocenters. The summed E-state index contributed by atoms with van der Waals surface area (Å²) in [5, 5.41) is 0. The average Bonchev–Trinajstić information content (AvgIpc) is 2.18. The maximum atomic E-state index is 11.6. The van der Waals surface area contributed by atoms with Crippen LogP contribution in [0.5, 0.6) is 0 Å². The van der Waals surface area contributed by atoms with E-state index in [-0.39, 0.29) is 11.5 Å². The van der Waals surface area contributed by atoms with Crippen LogP contribution in [-0.4, -0.2) is 23.2 Å². The number of hydrogen-bond donors (Lipinski definition) is 1. The maximum Gasteiger partial charge on any atom is 0.227 e. The molecule has 1 amide bonds. The lowest BCUT2D eigenvalue weighted by Gasteiger charge is -2.00. The van der Waals surface area contributed by atoms with Crippen LogP contribution in [-0.2, 0) is 4.79 Å². The van der Waals surface area contributed by atoms with Gasteiger partial charge in [0.1, 0.15) is 0 Å². The van der Waals surface area contributed by atoms with Crippen molar-refractivity contribution in [3.05, 3.63) is 33.4 Å². The molecule has 5 heteroatoms. The predicted molar refractivity (Wildman–Crippen MR) is 70.0 cm³/mol. The summed E-state index contributed by atoms with van der Waals surface area (Å²) in [7, 11) is 0. The molecule has 1 aromatic carbocycles. The number of thioether (sulfide) groups is 1. The third-order valence-corrected chi connectivity index (χ3v) is 3.32. The zero-order valence-electron chi connectivity index (χ0n) is 7.90. The number of benzene rings is 1. The first-order valence-corrected chi connectivity index (χ1v) is 6.48. The normalized spacial score (nSPS) is 9.93. The molecule has 2 N–H and O–H groups in total. The third kappa shape index (κ3) is 4.65. The Morgan fingerprint density at radius 1 is 1.20 bits per heavy atom. The summed E-state index contributed by atoms with van der Waals surface area (Å²) in [5.74, 6) is 0.118. The van der Waals surface area contributed by atoms with E-state index in [1.165, 1.54) is 11.8 Å². The molecule has 0 aromatic heterocycles. The molecule has 0 unspecified atom stereocenters. The zero-order valence-corrected chi connectivity index (χ0v) is 10.9. The van der Waals surface area contributed by atoms with E-state index in [1.807, 2.05) is 12.1 Å². The van der Waals surface area contributed by atoms with Crippen LogP contribution >= 0.6 is 34.4 Å². The minimum atomic E-state index is -0.393. The van der Waals surface area contributed by atoms with E-state index in [1.54, 1.807) is 12.1 Å². The Morgan fingerprint density at radius 2 is 1.80 bits per heavy atom. The Hall–Kier alpha value is -0.560. The smallest absolute Gasteiger partial charge is 0.227 e. The summed E-state index contributed by atoms with van der Waals surface area (Å²) in [6, 6.07) is 7.34. The molecular weight excluding hydrogens is 325 g/mol. The van der Waals surface area contributed by atoms with Crippen molar-refractivity contribution in [1.29, 1.82) is 0 Å². The minimum absolute atomic E-state index is 0.0256. The van der Waals surface area contributed by atoms with Crippen LogP contribution in [0, 0.1) is 3.57 Å². The van der Waals surface area contributed by atoms with Crippen molar-refractivity contribution in [2.75, 3.05) is 11.5 Å². The number of halogens is 1. The lowest BCUT2D eigenvalue weighted by atomic mass is 10.2. The lowest BCUT2D eigenvalue weighted by molar-refractivity contribution is -0.115. The molecule has 0 saturated carbocycles. The Labute approximate surface area is 106 Å². The first-order valence-electron chi connectivity index (χ1n) is 4.24. The SMILES string of the molecule is NC(=O)CSCC(=O)c1ccc(I)cc1.